The average molecular weight is 204 g/mol. The van der Waals surface area contributed by atoms with Crippen LogP contribution in [0.2, 0.25) is 0 Å². The van der Waals surface area contributed by atoms with Crippen molar-refractivity contribution in [2.75, 3.05) is 0 Å². The Bertz CT molecular complexity index is 276. The second kappa shape index (κ2) is 5.20. The van der Waals surface area contributed by atoms with E-state index in [2.05, 4.69) is 0 Å². The van der Waals surface area contributed by atoms with Gasteiger partial charge in [0.05, 0.1) is 0 Å². The largest absolute Gasteiger partial charge is 0.324 e. The Morgan fingerprint density at radius 1 is 1.46 bits per heavy atom. The van der Waals surface area contributed by atoms with E-state index >= 15 is 0 Å². The van der Waals surface area contributed by atoms with Gasteiger partial charge in [0.15, 0.2) is 0 Å². The minimum atomic E-state index is -0.209. The molecule has 0 fully saturated rings. The van der Waals surface area contributed by atoms with Crippen LogP contribution in [-0.4, -0.2) is 0 Å². The maximum atomic E-state index is 12.8. The van der Waals surface area contributed by atoms with Gasteiger partial charge in [0.25, 0.3) is 0 Å². The summed E-state index contributed by atoms with van der Waals surface area (Å²) < 4.78 is 12.8. The molecule has 0 bridgehead atoms. The smallest absolute Gasteiger partial charge is 0.123 e. The van der Waals surface area contributed by atoms with Crippen molar-refractivity contribution < 1.29 is 4.39 Å². The van der Waals surface area contributed by atoms with E-state index in [0.717, 1.165) is 17.5 Å². The molecule has 0 aliphatic carbocycles. The summed E-state index contributed by atoms with van der Waals surface area (Å²) in [5.74, 6) is -0.209. The molecule has 1 aromatic carbocycles. The van der Waals surface area contributed by atoms with Gasteiger partial charge in [-0.05, 0) is 36.6 Å². The number of benzene rings is 1. The first kappa shape index (κ1) is 12.4. The molecule has 0 heterocycles. The Kier molecular flexibility index (Phi) is 4.96. The van der Waals surface area contributed by atoms with Gasteiger partial charge in [0.2, 0.25) is 0 Å². The number of rotatable bonds is 2. The molecule has 3 heteroatoms. The van der Waals surface area contributed by atoms with E-state index in [0.29, 0.717) is 0 Å². The van der Waals surface area contributed by atoms with E-state index in [1.807, 2.05) is 13.8 Å². The Morgan fingerprint density at radius 2 is 2.08 bits per heavy atom. The Labute approximate surface area is 84.5 Å². The van der Waals surface area contributed by atoms with Crippen LogP contribution in [0.15, 0.2) is 18.2 Å². The third kappa shape index (κ3) is 2.98. The van der Waals surface area contributed by atoms with Gasteiger partial charge in [-0.25, -0.2) is 4.39 Å². The fourth-order valence-corrected chi connectivity index (χ4v) is 1.23. The molecule has 1 nitrogen and oxygen atoms in total. The van der Waals surface area contributed by atoms with Gasteiger partial charge in [-0.2, -0.15) is 0 Å². The van der Waals surface area contributed by atoms with Crippen molar-refractivity contribution in [1.82, 2.24) is 0 Å². The van der Waals surface area contributed by atoms with Crippen LogP contribution in [0.1, 0.15) is 30.5 Å². The molecule has 1 unspecified atom stereocenters. The van der Waals surface area contributed by atoms with Crippen molar-refractivity contribution in [1.29, 1.82) is 0 Å². The lowest BCUT2D eigenvalue weighted by Gasteiger charge is -2.11. The lowest BCUT2D eigenvalue weighted by Crippen LogP contribution is -2.10. The quantitative estimate of drug-likeness (QED) is 0.786. The van der Waals surface area contributed by atoms with Crippen LogP contribution in [0.25, 0.3) is 0 Å². The number of aryl methyl sites for hydroxylation is 1. The lowest BCUT2D eigenvalue weighted by molar-refractivity contribution is 0.615. The van der Waals surface area contributed by atoms with Crippen molar-refractivity contribution in [2.24, 2.45) is 5.73 Å². The molecule has 74 valence electrons. The fraction of sp³-hybridized carbons (Fsp3) is 0.400. The summed E-state index contributed by atoms with van der Waals surface area (Å²) in [4.78, 5) is 0. The van der Waals surface area contributed by atoms with E-state index < -0.39 is 0 Å². The number of halogens is 2. The van der Waals surface area contributed by atoms with Crippen LogP contribution in [0.4, 0.5) is 4.39 Å². The summed E-state index contributed by atoms with van der Waals surface area (Å²) in [6, 6.07) is 4.70. The van der Waals surface area contributed by atoms with Gasteiger partial charge in [0.1, 0.15) is 5.82 Å². The van der Waals surface area contributed by atoms with Crippen molar-refractivity contribution in [3.8, 4) is 0 Å². The van der Waals surface area contributed by atoms with Crippen LogP contribution in [-0.2, 0) is 0 Å². The minimum absolute atomic E-state index is 0. The summed E-state index contributed by atoms with van der Waals surface area (Å²) in [5, 5.41) is 0. The highest BCUT2D eigenvalue weighted by Gasteiger charge is 2.06. The van der Waals surface area contributed by atoms with Crippen molar-refractivity contribution >= 4 is 12.4 Å². The van der Waals surface area contributed by atoms with Gasteiger partial charge in [0, 0.05) is 6.04 Å². The predicted molar refractivity (Wildman–Crippen MR) is 55.6 cm³/mol. The summed E-state index contributed by atoms with van der Waals surface area (Å²) in [6.07, 6.45) is 0.838. The van der Waals surface area contributed by atoms with Gasteiger partial charge in [-0.3, -0.25) is 0 Å². The zero-order valence-electron chi connectivity index (χ0n) is 7.88. The van der Waals surface area contributed by atoms with Crippen LogP contribution >= 0.6 is 12.4 Å². The van der Waals surface area contributed by atoms with Crippen LogP contribution in [0.3, 0.4) is 0 Å². The molecule has 0 amide bonds. The molecule has 2 N–H and O–H groups in total. The van der Waals surface area contributed by atoms with E-state index in [-0.39, 0.29) is 24.3 Å². The van der Waals surface area contributed by atoms with E-state index in [4.69, 9.17) is 5.73 Å². The first-order valence-electron chi connectivity index (χ1n) is 4.16. The van der Waals surface area contributed by atoms with Gasteiger partial charge in [-0.1, -0.05) is 13.0 Å². The second-order valence-electron chi connectivity index (χ2n) is 3.02. The molecule has 0 radical (unpaired) electrons. The molecule has 1 aromatic rings. The van der Waals surface area contributed by atoms with Crippen molar-refractivity contribution in [3.05, 3.63) is 35.1 Å². The topological polar surface area (TPSA) is 26.0 Å². The summed E-state index contributed by atoms with van der Waals surface area (Å²) in [5.41, 5.74) is 7.77. The molecule has 0 aromatic heterocycles. The molecular weight excluding hydrogens is 189 g/mol. The molecule has 1 rings (SSSR count). The maximum Gasteiger partial charge on any atom is 0.123 e. The molecule has 0 saturated carbocycles. The average Bonchev–Trinajstić information content (AvgIpc) is 2.08. The third-order valence-electron chi connectivity index (χ3n) is 2.08. The van der Waals surface area contributed by atoms with Gasteiger partial charge in [-0.15, -0.1) is 12.4 Å². The minimum Gasteiger partial charge on any atom is -0.324 e. The maximum absolute atomic E-state index is 12.8. The third-order valence-corrected chi connectivity index (χ3v) is 2.08. The van der Waals surface area contributed by atoms with E-state index in [1.54, 1.807) is 6.07 Å². The normalized spacial score (nSPS) is 12.0. The SMILES string of the molecule is CCC(N)c1cc(F)ccc1C.Cl. The molecule has 0 aliphatic heterocycles. The first-order valence-corrected chi connectivity index (χ1v) is 4.16. The lowest BCUT2D eigenvalue weighted by atomic mass is 10.0. The van der Waals surface area contributed by atoms with Crippen molar-refractivity contribution in [3.63, 3.8) is 0 Å². The zero-order chi connectivity index (χ0) is 9.14. The zero-order valence-corrected chi connectivity index (χ0v) is 8.70. The monoisotopic (exact) mass is 203 g/mol. The summed E-state index contributed by atoms with van der Waals surface area (Å²) >= 11 is 0. The number of hydrogen-bond donors (Lipinski definition) is 1. The number of nitrogens with two attached hydrogens (primary N) is 1. The highest BCUT2D eigenvalue weighted by atomic mass is 35.5. The molecule has 13 heavy (non-hydrogen) atoms. The van der Waals surface area contributed by atoms with Gasteiger partial charge >= 0.3 is 0 Å². The summed E-state index contributed by atoms with van der Waals surface area (Å²) in [7, 11) is 0. The van der Waals surface area contributed by atoms with Crippen LogP contribution in [0, 0.1) is 12.7 Å². The van der Waals surface area contributed by atoms with E-state index in [9.17, 15) is 4.39 Å². The Hall–Kier alpha value is -0.600. The molecule has 1 atom stereocenters. The Morgan fingerprint density at radius 3 is 2.62 bits per heavy atom. The molecule has 0 spiro atoms. The van der Waals surface area contributed by atoms with Gasteiger partial charge < -0.3 is 5.73 Å². The second-order valence-corrected chi connectivity index (χ2v) is 3.02. The standard InChI is InChI=1S/C10H14FN.ClH/c1-3-10(12)9-6-8(11)5-4-7(9)2;/h4-6,10H,3,12H2,1-2H3;1H. The van der Waals surface area contributed by atoms with Crippen molar-refractivity contribution in [2.45, 2.75) is 26.3 Å². The predicted octanol–water partition coefficient (Wildman–Crippen LogP) is 2.97. The molecule has 0 saturated heterocycles. The van der Waals surface area contributed by atoms with Crippen LogP contribution < -0.4 is 5.73 Å². The molecule has 0 aliphatic rings. The number of hydrogen-bond acceptors (Lipinski definition) is 1. The highest BCUT2D eigenvalue weighted by molar-refractivity contribution is 5.85. The highest BCUT2D eigenvalue weighted by Crippen LogP contribution is 2.18. The first-order chi connectivity index (χ1) is 5.65. The molecular formula is C10H15ClFN. The van der Waals surface area contributed by atoms with E-state index in [1.165, 1.54) is 12.1 Å². The summed E-state index contributed by atoms with van der Waals surface area (Å²) in [6.45, 7) is 3.94. The van der Waals surface area contributed by atoms with Crippen LogP contribution in [0.5, 0.6) is 0 Å². The Balaban J connectivity index is 0.00000144. The fourth-order valence-electron chi connectivity index (χ4n) is 1.23.